The summed E-state index contributed by atoms with van der Waals surface area (Å²) in [4.78, 5) is 9.92. The topological polar surface area (TPSA) is 58.5 Å². The lowest BCUT2D eigenvalue weighted by atomic mass is 10.0. The molecule has 2 rings (SSSR count). The largest absolute Gasteiger partial charge is 0.492 e. The van der Waals surface area contributed by atoms with Crippen molar-refractivity contribution in [2.75, 3.05) is 20.2 Å². The van der Waals surface area contributed by atoms with Gasteiger partial charge in [-0.2, -0.15) is 0 Å². The zero-order valence-corrected chi connectivity index (χ0v) is 16.5. The molecule has 0 bridgehead atoms. The number of aryl methyl sites for hydroxylation is 2. The van der Waals surface area contributed by atoms with Crippen molar-refractivity contribution in [3.8, 4) is 5.75 Å². The van der Waals surface area contributed by atoms with Crippen molar-refractivity contribution in [3.63, 3.8) is 0 Å². The lowest BCUT2D eigenvalue weighted by Crippen LogP contribution is -2.38. The van der Waals surface area contributed by atoms with Crippen LogP contribution < -0.4 is 15.4 Å². The van der Waals surface area contributed by atoms with Gasteiger partial charge in [-0.25, -0.2) is 4.98 Å². The maximum Gasteiger partial charge on any atom is 0.191 e. The molecule has 2 aromatic rings. The molecule has 0 spiro atoms. The molecule has 0 saturated heterocycles. The van der Waals surface area contributed by atoms with Gasteiger partial charge in [0, 0.05) is 11.9 Å². The fourth-order valence-corrected chi connectivity index (χ4v) is 3.29. The summed E-state index contributed by atoms with van der Waals surface area (Å²) in [6.07, 6.45) is 0. The summed E-state index contributed by atoms with van der Waals surface area (Å²) in [5.41, 5.74) is 2.40. The van der Waals surface area contributed by atoms with Crippen LogP contribution >= 0.6 is 11.3 Å². The van der Waals surface area contributed by atoms with Gasteiger partial charge in [-0.05, 0) is 37.5 Å². The Morgan fingerprint density at radius 2 is 1.92 bits per heavy atom. The maximum absolute atomic E-state index is 5.77. The molecule has 1 aromatic heterocycles. The molecule has 0 saturated carbocycles. The van der Waals surface area contributed by atoms with Crippen LogP contribution in [0, 0.1) is 13.8 Å². The normalized spacial score (nSPS) is 11.7. The van der Waals surface area contributed by atoms with Gasteiger partial charge in [0.15, 0.2) is 5.96 Å². The van der Waals surface area contributed by atoms with Gasteiger partial charge in [-0.15, -0.1) is 11.3 Å². The number of benzene rings is 1. The first-order valence-electron chi connectivity index (χ1n) is 8.59. The molecule has 0 unspecified atom stereocenters. The van der Waals surface area contributed by atoms with Gasteiger partial charge in [0.05, 0.1) is 23.8 Å². The average molecular weight is 361 g/mol. The second-order valence-electron chi connectivity index (χ2n) is 6.17. The summed E-state index contributed by atoms with van der Waals surface area (Å²) in [7, 11) is 1.77. The Morgan fingerprint density at radius 3 is 2.48 bits per heavy atom. The predicted molar refractivity (Wildman–Crippen MR) is 106 cm³/mol. The molecular weight excluding hydrogens is 332 g/mol. The average Bonchev–Trinajstić information content (AvgIpc) is 2.92. The molecule has 0 atom stereocenters. The molecule has 0 aliphatic heterocycles. The van der Waals surface area contributed by atoms with E-state index < -0.39 is 0 Å². The molecule has 2 N–H and O–H groups in total. The molecule has 0 fully saturated rings. The van der Waals surface area contributed by atoms with E-state index in [0.717, 1.165) is 29.0 Å². The van der Waals surface area contributed by atoms with Gasteiger partial charge in [0.25, 0.3) is 0 Å². The van der Waals surface area contributed by atoms with E-state index in [-0.39, 0.29) is 0 Å². The molecule has 0 aliphatic rings. The van der Waals surface area contributed by atoms with Gasteiger partial charge in [0.2, 0.25) is 0 Å². The monoisotopic (exact) mass is 360 g/mol. The second kappa shape index (κ2) is 9.42. The highest BCUT2D eigenvalue weighted by Crippen LogP contribution is 2.18. The Bertz CT molecular complexity index is 692. The van der Waals surface area contributed by atoms with Crippen LogP contribution in [-0.4, -0.2) is 31.1 Å². The highest BCUT2D eigenvalue weighted by Gasteiger charge is 2.06. The maximum atomic E-state index is 5.77. The van der Waals surface area contributed by atoms with Crippen molar-refractivity contribution in [2.24, 2.45) is 4.99 Å². The van der Waals surface area contributed by atoms with E-state index in [9.17, 15) is 0 Å². The SMILES string of the molecule is CN=C(NCCOc1ccc(C(C)C)cc1)NCc1sc(C)nc1C. The number of aromatic nitrogens is 1. The van der Waals surface area contributed by atoms with Crippen LogP contribution in [0.5, 0.6) is 5.75 Å². The second-order valence-corrected chi connectivity index (χ2v) is 7.45. The zero-order valence-electron chi connectivity index (χ0n) is 15.7. The highest BCUT2D eigenvalue weighted by molar-refractivity contribution is 7.11. The van der Waals surface area contributed by atoms with Crippen molar-refractivity contribution in [2.45, 2.75) is 40.2 Å². The third-order valence-corrected chi connectivity index (χ3v) is 4.92. The summed E-state index contributed by atoms with van der Waals surface area (Å²) < 4.78 is 5.77. The molecule has 0 aliphatic carbocycles. The van der Waals surface area contributed by atoms with E-state index in [1.807, 2.05) is 26.0 Å². The van der Waals surface area contributed by atoms with Crippen molar-refractivity contribution >= 4 is 17.3 Å². The number of hydrogen-bond acceptors (Lipinski definition) is 4. The van der Waals surface area contributed by atoms with E-state index in [2.05, 4.69) is 46.6 Å². The molecule has 1 heterocycles. The fourth-order valence-electron chi connectivity index (χ4n) is 2.41. The van der Waals surface area contributed by atoms with Gasteiger partial charge in [-0.3, -0.25) is 4.99 Å². The lowest BCUT2D eigenvalue weighted by molar-refractivity contribution is 0.322. The molecule has 1 aromatic carbocycles. The number of nitrogens with one attached hydrogen (secondary N) is 2. The summed E-state index contributed by atoms with van der Waals surface area (Å²) in [6, 6.07) is 8.29. The first-order chi connectivity index (χ1) is 12.0. The third-order valence-electron chi connectivity index (χ3n) is 3.85. The zero-order chi connectivity index (χ0) is 18.2. The smallest absolute Gasteiger partial charge is 0.191 e. The van der Waals surface area contributed by atoms with Gasteiger partial charge >= 0.3 is 0 Å². The minimum atomic E-state index is 0.538. The van der Waals surface area contributed by atoms with Gasteiger partial charge in [0.1, 0.15) is 12.4 Å². The van der Waals surface area contributed by atoms with Crippen LogP contribution in [0.25, 0.3) is 0 Å². The summed E-state index contributed by atoms with van der Waals surface area (Å²) >= 11 is 1.71. The van der Waals surface area contributed by atoms with E-state index in [1.165, 1.54) is 10.4 Å². The third kappa shape index (κ3) is 6.05. The summed E-state index contributed by atoms with van der Waals surface area (Å²) in [6.45, 7) is 10.4. The summed E-state index contributed by atoms with van der Waals surface area (Å²) in [5.74, 6) is 2.20. The molecule has 5 nitrogen and oxygen atoms in total. The van der Waals surface area contributed by atoms with Crippen molar-refractivity contribution in [3.05, 3.63) is 45.4 Å². The first kappa shape index (κ1) is 19.2. The number of nitrogens with zero attached hydrogens (tertiary/aromatic N) is 2. The number of rotatable bonds is 7. The number of guanidine groups is 1. The Balaban J connectivity index is 1.71. The Hall–Kier alpha value is -2.08. The van der Waals surface area contributed by atoms with E-state index >= 15 is 0 Å². The van der Waals surface area contributed by atoms with Crippen LogP contribution in [0.2, 0.25) is 0 Å². The predicted octanol–water partition coefficient (Wildman–Crippen LogP) is 3.63. The highest BCUT2D eigenvalue weighted by atomic mass is 32.1. The van der Waals surface area contributed by atoms with Crippen molar-refractivity contribution < 1.29 is 4.74 Å². The fraction of sp³-hybridized carbons (Fsp3) is 0.474. The standard InChI is InChI=1S/C19H28N4OS/c1-13(2)16-6-8-17(9-7-16)24-11-10-21-19(20-5)22-12-18-14(3)23-15(4)25-18/h6-9,13H,10-12H2,1-5H3,(H2,20,21,22). The molecule has 136 valence electrons. The van der Waals surface area contributed by atoms with Gasteiger partial charge < -0.3 is 15.4 Å². The van der Waals surface area contributed by atoms with E-state index in [4.69, 9.17) is 4.74 Å². The van der Waals surface area contributed by atoms with E-state index in [0.29, 0.717) is 19.1 Å². The number of ether oxygens (including phenoxy) is 1. The molecule has 0 amide bonds. The summed E-state index contributed by atoms with van der Waals surface area (Å²) in [5, 5.41) is 7.67. The molecule has 0 radical (unpaired) electrons. The van der Waals surface area contributed by atoms with Crippen LogP contribution in [-0.2, 0) is 6.54 Å². The van der Waals surface area contributed by atoms with Crippen LogP contribution in [0.15, 0.2) is 29.3 Å². The van der Waals surface area contributed by atoms with Crippen LogP contribution in [0.3, 0.4) is 0 Å². The minimum absolute atomic E-state index is 0.538. The molecule has 6 heteroatoms. The molecule has 25 heavy (non-hydrogen) atoms. The minimum Gasteiger partial charge on any atom is -0.492 e. The number of aliphatic imine (C=N–C) groups is 1. The Kier molecular flexibility index (Phi) is 7.25. The first-order valence-corrected chi connectivity index (χ1v) is 9.41. The van der Waals surface area contributed by atoms with Crippen molar-refractivity contribution in [1.29, 1.82) is 0 Å². The number of thiazole rings is 1. The number of hydrogen-bond donors (Lipinski definition) is 2. The van der Waals surface area contributed by atoms with E-state index in [1.54, 1.807) is 18.4 Å². The lowest BCUT2D eigenvalue weighted by Gasteiger charge is -2.12. The van der Waals surface area contributed by atoms with Crippen LogP contribution in [0.1, 0.15) is 40.9 Å². The molecular formula is C19H28N4OS. The van der Waals surface area contributed by atoms with Gasteiger partial charge in [-0.1, -0.05) is 26.0 Å². The Morgan fingerprint density at radius 1 is 1.20 bits per heavy atom. The Labute approximate surface area is 154 Å². The van der Waals surface area contributed by atoms with Crippen LogP contribution in [0.4, 0.5) is 0 Å². The van der Waals surface area contributed by atoms with Crippen molar-refractivity contribution in [1.82, 2.24) is 15.6 Å². The quantitative estimate of drug-likeness (QED) is 0.450.